The summed E-state index contributed by atoms with van der Waals surface area (Å²) in [5.41, 5.74) is 1.23. The van der Waals surface area contributed by atoms with Crippen molar-refractivity contribution in [3.8, 4) is 0 Å². The quantitative estimate of drug-likeness (QED) is 0.206. The first kappa shape index (κ1) is 24.1. The van der Waals surface area contributed by atoms with Crippen LogP contribution in [0.25, 0.3) is 10.9 Å². The maximum atomic E-state index is 13.4. The number of carbonyl (C=O) groups is 2. The fourth-order valence-corrected chi connectivity index (χ4v) is 4.71. The van der Waals surface area contributed by atoms with Gasteiger partial charge in [-0.3, -0.25) is 19.0 Å². The minimum absolute atomic E-state index is 0.0464. The molecule has 1 N–H and O–H groups in total. The molecule has 0 radical (unpaired) electrons. The number of aromatic nitrogens is 2. The minimum atomic E-state index is -0.266. The standard InChI is InChI=1S/C25H27N3O5S/c1-32-13-11-26-23(30)18-9-10-20-21(14-18)27-25(28(24(20)31)15-19-8-5-12-33-19)34-16-22(29)17-6-3-2-4-7-17/h2-4,6-7,9-10,14,19H,5,8,11-13,15-16H2,1H3,(H,26,30). The molecule has 4 rings (SSSR count). The zero-order chi connectivity index (χ0) is 23.9. The highest BCUT2D eigenvalue weighted by atomic mass is 32.2. The van der Waals surface area contributed by atoms with Crippen LogP contribution in [-0.2, 0) is 16.0 Å². The summed E-state index contributed by atoms with van der Waals surface area (Å²) in [6, 6.07) is 13.9. The van der Waals surface area contributed by atoms with Crippen LogP contribution < -0.4 is 10.9 Å². The highest BCUT2D eigenvalue weighted by molar-refractivity contribution is 7.99. The third-order valence-corrected chi connectivity index (χ3v) is 6.59. The molecule has 0 bridgehead atoms. The molecule has 178 valence electrons. The number of carbonyl (C=O) groups excluding carboxylic acids is 2. The van der Waals surface area contributed by atoms with Crippen LogP contribution in [0.5, 0.6) is 0 Å². The summed E-state index contributed by atoms with van der Waals surface area (Å²) in [6.45, 7) is 1.84. The number of nitrogens with one attached hydrogen (secondary N) is 1. The van der Waals surface area contributed by atoms with Crippen LogP contribution in [0.2, 0.25) is 0 Å². The van der Waals surface area contributed by atoms with E-state index < -0.39 is 0 Å². The number of rotatable bonds is 10. The second kappa shape index (κ2) is 11.4. The number of nitrogens with zero attached hydrogens (tertiary/aromatic N) is 2. The number of benzene rings is 2. The summed E-state index contributed by atoms with van der Waals surface area (Å²) < 4.78 is 12.3. The van der Waals surface area contributed by atoms with Crippen molar-refractivity contribution in [3.63, 3.8) is 0 Å². The van der Waals surface area contributed by atoms with Crippen LogP contribution in [0.3, 0.4) is 0 Å². The molecule has 1 unspecified atom stereocenters. The molecule has 1 aliphatic heterocycles. The van der Waals surface area contributed by atoms with Gasteiger partial charge in [0.15, 0.2) is 10.9 Å². The van der Waals surface area contributed by atoms with Gasteiger partial charge in [-0.05, 0) is 31.0 Å². The average molecular weight is 482 g/mol. The second-order valence-corrected chi connectivity index (χ2v) is 8.95. The Kier molecular flexibility index (Phi) is 8.10. The highest BCUT2D eigenvalue weighted by Gasteiger charge is 2.21. The van der Waals surface area contributed by atoms with Crippen molar-refractivity contribution in [1.29, 1.82) is 0 Å². The molecule has 3 aromatic rings. The maximum Gasteiger partial charge on any atom is 0.262 e. The topological polar surface area (TPSA) is 99.5 Å². The molecule has 2 aromatic carbocycles. The molecule has 1 saturated heterocycles. The smallest absolute Gasteiger partial charge is 0.262 e. The van der Waals surface area contributed by atoms with Crippen molar-refractivity contribution < 1.29 is 19.1 Å². The average Bonchev–Trinajstić information content (AvgIpc) is 3.38. The van der Waals surface area contributed by atoms with Crippen LogP contribution in [0.4, 0.5) is 0 Å². The second-order valence-electron chi connectivity index (χ2n) is 8.00. The Labute approximate surface area is 201 Å². The molecule has 1 fully saturated rings. The number of hydrogen-bond acceptors (Lipinski definition) is 7. The number of ether oxygens (including phenoxy) is 2. The molecule has 0 aliphatic carbocycles. The van der Waals surface area contributed by atoms with Gasteiger partial charge in [-0.25, -0.2) is 4.98 Å². The predicted molar refractivity (Wildman–Crippen MR) is 131 cm³/mol. The third kappa shape index (κ3) is 5.72. The van der Waals surface area contributed by atoms with Crippen molar-refractivity contribution in [2.45, 2.75) is 30.6 Å². The van der Waals surface area contributed by atoms with E-state index in [0.29, 0.717) is 53.5 Å². The van der Waals surface area contributed by atoms with Gasteiger partial charge in [0.2, 0.25) is 0 Å². The lowest BCUT2D eigenvalue weighted by Gasteiger charge is -2.16. The largest absolute Gasteiger partial charge is 0.383 e. The SMILES string of the molecule is COCCNC(=O)c1ccc2c(=O)n(CC3CCCO3)c(SCC(=O)c3ccccc3)nc2c1. The van der Waals surface area contributed by atoms with Gasteiger partial charge in [-0.2, -0.15) is 0 Å². The molecule has 9 heteroatoms. The molecule has 8 nitrogen and oxygen atoms in total. The lowest BCUT2D eigenvalue weighted by molar-refractivity contribution is 0.0935. The summed E-state index contributed by atoms with van der Waals surface area (Å²) in [4.78, 5) is 43.2. The van der Waals surface area contributed by atoms with Gasteiger partial charge in [-0.15, -0.1) is 0 Å². The van der Waals surface area contributed by atoms with Crippen molar-refractivity contribution in [2.75, 3.05) is 32.6 Å². The first-order chi connectivity index (χ1) is 16.6. The van der Waals surface area contributed by atoms with Crippen LogP contribution >= 0.6 is 11.8 Å². The van der Waals surface area contributed by atoms with Crippen LogP contribution in [0.1, 0.15) is 33.6 Å². The van der Waals surface area contributed by atoms with Crippen molar-refractivity contribution in [1.82, 2.24) is 14.9 Å². The van der Waals surface area contributed by atoms with E-state index in [9.17, 15) is 14.4 Å². The van der Waals surface area contributed by atoms with Crippen molar-refractivity contribution >= 4 is 34.4 Å². The monoisotopic (exact) mass is 481 g/mol. The van der Waals surface area contributed by atoms with Gasteiger partial charge in [0.1, 0.15) is 0 Å². The highest BCUT2D eigenvalue weighted by Crippen LogP contribution is 2.22. The summed E-state index contributed by atoms with van der Waals surface area (Å²) in [5.74, 6) is -0.169. The van der Waals surface area contributed by atoms with E-state index >= 15 is 0 Å². The number of methoxy groups -OCH3 is 1. The fourth-order valence-electron chi connectivity index (χ4n) is 3.81. The van der Waals surface area contributed by atoms with E-state index in [4.69, 9.17) is 14.5 Å². The Balaban J connectivity index is 1.65. The molecule has 1 atom stereocenters. The van der Waals surface area contributed by atoms with Crippen molar-refractivity contribution in [3.05, 3.63) is 70.0 Å². The van der Waals surface area contributed by atoms with Gasteiger partial charge in [-0.1, -0.05) is 42.1 Å². The molecule has 1 aromatic heterocycles. The van der Waals surface area contributed by atoms with E-state index in [2.05, 4.69) is 5.32 Å². The fraction of sp³-hybridized carbons (Fsp3) is 0.360. The molecular formula is C25H27N3O5S. The van der Waals surface area contributed by atoms with E-state index in [1.165, 1.54) is 11.8 Å². The zero-order valence-corrected chi connectivity index (χ0v) is 19.8. The van der Waals surface area contributed by atoms with Crippen LogP contribution in [0.15, 0.2) is 58.5 Å². The Morgan fingerprint density at radius 3 is 2.76 bits per heavy atom. The van der Waals surface area contributed by atoms with E-state index in [1.54, 1.807) is 42.0 Å². The van der Waals surface area contributed by atoms with Gasteiger partial charge in [0.25, 0.3) is 11.5 Å². The molecule has 2 heterocycles. The normalized spacial score (nSPS) is 15.5. The molecular weight excluding hydrogens is 454 g/mol. The lowest BCUT2D eigenvalue weighted by atomic mass is 10.1. The molecule has 0 saturated carbocycles. The Morgan fingerprint density at radius 2 is 2.03 bits per heavy atom. The number of Topliss-reactive ketones (excluding diaryl/α,β-unsaturated/α-hetero) is 1. The van der Waals surface area contributed by atoms with E-state index in [0.717, 1.165) is 12.8 Å². The number of amides is 1. The Hall–Kier alpha value is -3.01. The van der Waals surface area contributed by atoms with E-state index in [-0.39, 0.29) is 29.1 Å². The molecule has 34 heavy (non-hydrogen) atoms. The minimum Gasteiger partial charge on any atom is -0.383 e. The van der Waals surface area contributed by atoms with Gasteiger partial charge in [0.05, 0.1) is 35.9 Å². The number of thioether (sulfide) groups is 1. The first-order valence-electron chi connectivity index (χ1n) is 11.2. The van der Waals surface area contributed by atoms with Gasteiger partial charge in [0, 0.05) is 31.4 Å². The van der Waals surface area contributed by atoms with Crippen LogP contribution in [-0.4, -0.2) is 60.0 Å². The lowest BCUT2D eigenvalue weighted by Crippen LogP contribution is -2.29. The number of fused-ring (bicyclic) bond motifs is 1. The molecule has 1 amide bonds. The first-order valence-corrected chi connectivity index (χ1v) is 12.2. The molecule has 1 aliphatic rings. The Bertz CT molecular complexity index is 1220. The summed E-state index contributed by atoms with van der Waals surface area (Å²) in [6.07, 6.45) is 1.77. The molecule has 0 spiro atoms. The third-order valence-electron chi connectivity index (χ3n) is 5.61. The zero-order valence-electron chi connectivity index (χ0n) is 19.0. The number of hydrogen-bond donors (Lipinski definition) is 1. The maximum absolute atomic E-state index is 13.4. The van der Waals surface area contributed by atoms with Crippen LogP contribution in [0, 0.1) is 0 Å². The predicted octanol–water partition coefficient (Wildman–Crippen LogP) is 2.93. The summed E-state index contributed by atoms with van der Waals surface area (Å²) in [5, 5.41) is 3.63. The van der Waals surface area contributed by atoms with Crippen molar-refractivity contribution in [2.24, 2.45) is 0 Å². The van der Waals surface area contributed by atoms with E-state index in [1.807, 2.05) is 18.2 Å². The van der Waals surface area contributed by atoms with Gasteiger partial charge >= 0.3 is 0 Å². The van der Waals surface area contributed by atoms with Gasteiger partial charge < -0.3 is 14.8 Å². The summed E-state index contributed by atoms with van der Waals surface area (Å²) in [7, 11) is 1.56. The Morgan fingerprint density at radius 1 is 1.21 bits per heavy atom. The summed E-state index contributed by atoms with van der Waals surface area (Å²) >= 11 is 1.22. The number of ketones is 1.